The second kappa shape index (κ2) is 51.4. The van der Waals surface area contributed by atoms with Gasteiger partial charge in [-0.25, -0.2) is 30.4 Å². The van der Waals surface area contributed by atoms with Crippen molar-refractivity contribution in [1.82, 2.24) is 0 Å². The Balaban J connectivity index is 0.000000693. The molecule has 0 atom stereocenters. The van der Waals surface area contributed by atoms with E-state index in [1.807, 2.05) is 137 Å². The van der Waals surface area contributed by atoms with E-state index in [9.17, 15) is 0 Å². The van der Waals surface area contributed by atoms with Crippen molar-refractivity contribution in [1.29, 1.82) is 0 Å². The standard InChI is InChI=1S/2C27H20N.C26H20N.9C2H6.3Y/c1-19-10-11-22(18-26(19)27-9-5-6-16-28(27)2)21-14-15-25-23(17-21)13-12-20-7-3-4-8-24(20)25;1-19-10-11-24(18-26(19)27-9-5-6-14-28(27)2)22-12-13-23-15-20-7-3-4-8-21(20)16-25(23)17-22;1-18-12-13-21(17-24(18)25-11-3-4-16-27(25)2)22-15-14-20-8-5-7-19-9-6-10-23(22)26(19)20;9*1-2;;;/h3-13,15-17H,1-2H3;3-11,13-17H,1-2H3;3-7,9-14,16H,8H2,1-2H3;9*1-2H3;;;/q3*-1;;;;;;;;;;;;. The quantitative estimate of drug-likeness (QED) is 0.0681. The third-order valence-corrected chi connectivity index (χ3v) is 16.3. The van der Waals surface area contributed by atoms with Gasteiger partial charge in [0.05, 0.1) is 0 Å². The Bertz CT molecular complexity index is 4760. The topological polar surface area (TPSA) is 11.6 Å². The zero-order valence-electron chi connectivity index (χ0n) is 67.4. The summed E-state index contributed by atoms with van der Waals surface area (Å²) in [6, 6.07) is 96.5. The van der Waals surface area contributed by atoms with Crippen LogP contribution in [0, 0.1) is 57.2 Å². The van der Waals surface area contributed by atoms with Gasteiger partial charge in [0.25, 0.3) is 0 Å². The molecule has 0 saturated heterocycles. The molecule has 11 aromatic carbocycles. The summed E-state index contributed by atoms with van der Waals surface area (Å²) in [7, 11) is 6.22. The molecule has 0 amide bonds. The van der Waals surface area contributed by atoms with Gasteiger partial charge in [0, 0.05) is 116 Å². The van der Waals surface area contributed by atoms with E-state index in [1.54, 1.807) is 0 Å². The molecule has 3 heterocycles. The number of aryl methyl sites for hydroxylation is 6. The molecule has 3 nitrogen and oxygen atoms in total. The summed E-state index contributed by atoms with van der Waals surface area (Å²) in [4.78, 5) is 0. The minimum atomic E-state index is 0. The maximum atomic E-state index is 3.68. The molecule has 0 spiro atoms. The van der Waals surface area contributed by atoms with Gasteiger partial charge >= 0.3 is 0 Å². The Morgan fingerprint density at radius 1 is 0.288 bits per heavy atom. The number of rotatable bonds is 6. The Morgan fingerprint density at radius 3 is 1.16 bits per heavy atom. The summed E-state index contributed by atoms with van der Waals surface area (Å²) >= 11 is 0. The van der Waals surface area contributed by atoms with Crippen LogP contribution in [0.25, 0.3) is 127 Å². The van der Waals surface area contributed by atoms with Crippen molar-refractivity contribution in [3.05, 3.63) is 301 Å². The van der Waals surface area contributed by atoms with Gasteiger partial charge in [0.1, 0.15) is 38.2 Å². The third-order valence-electron chi connectivity index (χ3n) is 16.3. The van der Waals surface area contributed by atoms with E-state index >= 15 is 0 Å². The Hall–Kier alpha value is -6.78. The van der Waals surface area contributed by atoms with Crippen LogP contribution in [0.5, 0.6) is 0 Å². The average Bonchev–Trinajstić information content (AvgIpc) is 0.761. The first-order valence-corrected chi connectivity index (χ1v) is 37.4. The van der Waals surface area contributed by atoms with Gasteiger partial charge in [0.2, 0.25) is 0 Å². The predicted octanol–water partition coefficient (Wildman–Crippen LogP) is 26.8. The molecule has 1 aliphatic rings. The molecule has 14 aromatic rings. The van der Waals surface area contributed by atoms with Crippen LogP contribution >= 0.6 is 0 Å². The van der Waals surface area contributed by atoms with Gasteiger partial charge in [-0.1, -0.05) is 294 Å². The van der Waals surface area contributed by atoms with Crippen LogP contribution in [0.15, 0.2) is 237 Å². The first kappa shape index (κ1) is 95.2. The van der Waals surface area contributed by atoms with E-state index in [0.717, 1.165) is 67.9 Å². The van der Waals surface area contributed by atoms with Crippen LogP contribution < -0.4 is 13.7 Å². The van der Waals surface area contributed by atoms with Gasteiger partial charge in [-0.05, 0) is 46.3 Å². The number of aromatic nitrogens is 3. The summed E-state index contributed by atoms with van der Waals surface area (Å²) < 4.78 is 6.42. The first-order chi connectivity index (χ1) is 49.6. The van der Waals surface area contributed by atoms with Crippen LogP contribution in [-0.4, -0.2) is 0 Å². The van der Waals surface area contributed by atoms with Crippen LogP contribution in [0.1, 0.15) is 152 Å². The molecule has 6 heteroatoms. The fourth-order valence-electron chi connectivity index (χ4n) is 11.7. The van der Waals surface area contributed by atoms with Crippen LogP contribution in [0.4, 0.5) is 0 Å². The fourth-order valence-corrected chi connectivity index (χ4v) is 11.7. The van der Waals surface area contributed by atoms with Gasteiger partial charge in [0.15, 0.2) is 18.6 Å². The Labute approximate surface area is 705 Å². The van der Waals surface area contributed by atoms with E-state index in [0.29, 0.717) is 0 Å². The number of nitrogens with zero attached hydrogens (tertiary/aromatic N) is 3. The van der Waals surface area contributed by atoms with Gasteiger partial charge < -0.3 is 0 Å². The minimum absolute atomic E-state index is 0. The molecule has 0 saturated carbocycles. The molecular weight excluding hydrogens is 1490 g/mol. The van der Waals surface area contributed by atoms with Crippen LogP contribution in [0.2, 0.25) is 0 Å². The fraction of sp³-hybridized carbons (Fsp3) is 0.255. The number of pyridine rings is 3. The van der Waals surface area contributed by atoms with Crippen LogP contribution in [0.3, 0.4) is 0 Å². The Kier molecular flexibility index (Phi) is 47.1. The Morgan fingerprint density at radius 2 is 0.683 bits per heavy atom. The van der Waals surface area contributed by atoms with E-state index in [1.165, 1.54) is 87.4 Å². The molecular formula is C98H114N3Y3-3. The largest absolute Gasteiger partial charge is 0.234 e. The van der Waals surface area contributed by atoms with E-state index < -0.39 is 0 Å². The molecule has 533 valence electrons. The van der Waals surface area contributed by atoms with E-state index in [4.69, 9.17) is 0 Å². The predicted molar refractivity (Wildman–Crippen MR) is 445 cm³/mol. The van der Waals surface area contributed by atoms with Gasteiger partial charge in [-0.2, -0.15) is 89.5 Å². The normalized spacial score (nSPS) is 9.81. The minimum Gasteiger partial charge on any atom is -0.234 e. The van der Waals surface area contributed by atoms with Gasteiger partial charge in [-0.15, -0.1) is 80.2 Å². The molecule has 0 aliphatic heterocycles. The van der Waals surface area contributed by atoms with E-state index in [-0.39, 0.29) is 98.1 Å². The molecule has 0 unspecified atom stereocenters. The number of allylic oxidation sites excluding steroid dienone is 1. The maximum Gasteiger partial charge on any atom is 0.161 e. The molecule has 3 radical (unpaired) electrons. The number of fused-ring (bicyclic) bond motifs is 5. The second-order valence-electron chi connectivity index (χ2n) is 21.8. The SMILES string of the molecule is CC.CC.CC.CC.CC.CC.CC.CC.CC.Cc1ccc(-c2[c-]cc3c(ccc4ccccc43)c2)[c-]c1-c1cccc[n+]1C.Cc1ccc(-c2[c-]cc3c4c(cccc24)C=CC3)[c-]c1-c1cccc[n+]1C.Cc1ccc(-c2[c-]cc3cc4ccccc4cc3c2)[c-]c1-c1cccc[n+]1C.[Y].[Y].[Y]. The molecule has 3 aromatic heterocycles. The van der Waals surface area contributed by atoms with Crippen molar-refractivity contribution in [3.63, 3.8) is 0 Å². The van der Waals surface area contributed by atoms with Crippen molar-refractivity contribution < 1.29 is 112 Å². The summed E-state index contributed by atoms with van der Waals surface area (Å²) in [6.07, 6.45) is 11.7. The monoisotopic (exact) mass is 1600 g/mol. The molecule has 15 rings (SSSR count). The average molecular weight is 1600 g/mol. The zero-order valence-corrected chi connectivity index (χ0v) is 75.9. The summed E-state index contributed by atoms with van der Waals surface area (Å²) in [5.41, 5.74) is 19.7. The maximum absolute atomic E-state index is 3.68. The first-order valence-electron chi connectivity index (χ1n) is 37.4. The molecule has 104 heavy (non-hydrogen) atoms. The van der Waals surface area contributed by atoms with Crippen molar-refractivity contribution in [2.45, 2.75) is 152 Å². The van der Waals surface area contributed by atoms with Crippen molar-refractivity contribution in [3.8, 4) is 67.2 Å². The smallest absolute Gasteiger partial charge is 0.161 e. The zero-order chi connectivity index (χ0) is 74.6. The second-order valence-corrected chi connectivity index (χ2v) is 21.8. The molecule has 0 bridgehead atoms. The van der Waals surface area contributed by atoms with Crippen molar-refractivity contribution >= 4 is 59.9 Å². The van der Waals surface area contributed by atoms with E-state index in [2.05, 4.69) is 323 Å². The number of hydrogen-bond acceptors (Lipinski definition) is 0. The summed E-state index contributed by atoms with van der Waals surface area (Å²) in [5, 5.41) is 12.6. The van der Waals surface area contributed by atoms with Crippen molar-refractivity contribution in [2.24, 2.45) is 21.1 Å². The number of hydrogen-bond donors (Lipinski definition) is 0. The van der Waals surface area contributed by atoms with Crippen molar-refractivity contribution in [2.75, 3.05) is 0 Å². The molecule has 1 aliphatic carbocycles. The third kappa shape index (κ3) is 24.1. The summed E-state index contributed by atoms with van der Waals surface area (Å²) in [5.74, 6) is 0. The molecule has 0 fully saturated rings. The van der Waals surface area contributed by atoms with Crippen LogP contribution in [-0.2, 0) is 126 Å². The summed E-state index contributed by atoms with van der Waals surface area (Å²) in [6.45, 7) is 42.4. The van der Waals surface area contributed by atoms with Gasteiger partial charge in [-0.3, -0.25) is 0 Å². The number of benzene rings is 11. The molecule has 0 N–H and O–H groups in total.